The van der Waals surface area contributed by atoms with Gasteiger partial charge in [0.25, 0.3) is 0 Å². The minimum Gasteiger partial charge on any atom is -0.340 e. The Morgan fingerprint density at radius 3 is 2.82 bits per heavy atom. The molecule has 2 aromatic heterocycles. The second kappa shape index (κ2) is 3.56. The molecule has 0 aliphatic heterocycles. The number of rotatable bonds is 1. The van der Waals surface area contributed by atoms with Crippen LogP contribution >= 0.6 is 0 Å². The number of hydrogen-bond acceptors (Lipinski definition) is 2. The molecule has 2 heterocycles. The van der Waals surface area contributed by atoms with Gasteiger partial charge in [0.2, 0.25) is 0 Å². The molecule has 0 saturated heterocycles. The number of nitrogens with zero attached hydrogens (tertiary/aromatic N) is 2. The van der Waals surface area contributed by atoms with Crippen LogP contribution in [0.25, 0.3) is 11.2 Å². The number of H-pyrrole nitrogens is 1. The van der Waals surface area contributed by atoms with Crippen molar-refractivity contribution in [2.45, 2.75) is 46.0 Å². The highest BCUT2D eigenvalue weighted by Gasteiger charge is 2.37. The third-order valence-corrected chi connectivity index (χ3v) is 4.09. The third-order valence-electron chi connectivity index (χ3n) is 4.09. The lowest BCUT2D eigenvalue weighted by Gasteiger charge is -2.24. The van der Waals surface area contributed by atoms with Gasteiger partial charge in [-0.15, -0.1) is 0 Å². The Bertz CT molecular complexity index is 554. The minimum absolute atomic E-state index is 0.364. The van der Waals surface area contributed by atoms with Gasteiger partial charge in [-0.25, -0.2) is 9.97 Å². The molecule has 0 radical (unpaired) electrons. The molecule has 1 fully saturated rings. The van der Waals surface area contributed by atoms with Crippen LogP contribution in [0.4, 0.5) is 0 Å². The zero-order valence-electron chi connectivity index (χ0n) is 10.7. The van der Waals surface area contributed by atoms with Crippen molar-refractivity contribution in [3.05, 3.63) is 23.7 Å². The quantitative estimate of drug-likeness (QED) is 0.812. The molecule has 3 nitrogen and oxygen atoms in total. The van der Waals surface area contributed by atoms with Gasteiger partial charge in [0.15, 0.2) is 5.65 Å². The molecular formula is C14H19N3. The van der Waals surface area contributed by atoms with Crippen molar-refractivity contribution in [1.82, 2.24) is 15.0 Å². The predicted octanol–water partition coefficient (Wildman–Crippen LogP) is 3.56. The molecule has 0 bridgehead atoms. The van der Waals surface area contributed by atoms with Gasteiger partial charge < -0.3 is 4.98 Å². The molecule has 1 N–H and O–H groups in total. The summed E-state index contributed by atoms with van der Waals surface area (Å²) in [7, 11) is 0. The highest BCUT2D eigenvalue weighted by atomic mass is 15.0. The zero-order valence-corrected chi connectivity index (χ0v) is 10.7. The molecule has 0 spiro atoms. The Hall–Kier alpha value is -1.38. The normalized spacial score (nSPS) is 23.4. The average Bonchev–Trinajstić information content (AvgIpc) is 2.79. The van der Waals surface area contributed by atoms with E-state index in [0.717, 1.165) is 22.7 Å². The van der Waals surface area contributed by atoms with Gasteiger partial charge in [0.05, 0.1) is 5.52 Å². The zero-order chi connectivity index (χ0) is 12.0. The summed E-state index contributed by atoms with van der Waals surface area (Å²) in [4.78, 5) is 12.6. The topological polar surface area (TPSA) is 41.6 Å². The van der Waals surface area contributed by atoms with Crippen molar-refractivity contribution in [1.29, 1.82) is 0 Å². The maximum atomic E-state index is 4.68. The molecule has 1 unspecified atom stereocenters. The first-order valence-corrected chi connectivity index (χ1v) is 6.39. The van der Waals surface area contributed by atoms with E-state index < -0.39 is 0 Å². The van der Waals surface area contributed by atoms with Crippen molar-refractivity contribution in [3.8, 4) is 0 Å². The first-order valence-electron chi connectivity index (χ1n) is 6.39. The average molecular weight is 229 g/mol. The summed E-state index contributed by atoms with van der Waals surface area (Å²) in [6, 6.07) is 4.11. The third kappa shape index (κ3) is 1.74. The van der Waals surface area contributed by atoms with E-state index in [4.69, 9.17) is 0 Å². The molecular weight excluding hydrogens is 210 g/mol. The van der Waals surface area contributed by atoms with Gasteiger partial charge in [0, 0.05) is 11.6 Å². The van der Waals surface area contributed by atoms with Crippen molar-refractivity contribution in [3.63, 3.8) is 0 Å². The maximum Gasteiger partial charge on any atom is 0.177 e. The SMILES string of the molecule is Cc1ccc2[nH]c(C3CCCC3(C)C)nc2n1. The van der Waals surface area contributed by atoms with Crippen LogP contribution in [-0.4, -0.2) is 15.0 Å². The van der Waals surface area contributed by atoms with Crippen LogP contribution < -0.4 is 0 Å². The van der Waals surface area contributed by atoms with Gasteiger partial charge in [-0.2, -0.15) is 0 Å². The molecule has 1 aliphatic rings. The van der Waals surface area contributed by atoms with Crippen LogP contribution in [0.15, 0.2) is 12.1 Å². The molecule has 0 aromatic carbocycles. The number of fused-ring (bicyclic) bond motifs is 1. The summed E-state index contributed by atoms with van der Waals surface area (Å²) in [5, 5.41) is 0. The van der Waals surface area contributed by atoms with E-state index in [1.54, 1.807) is 0 Å². The summed E-state index contributed by atoms with van der Waals surface area (Å²) < 4.78 is 0. The number of imidazole rings is 1. The number of nitrogens with one attached hydrogen (secondary N) is 1. The molecule has 0 amide bonds. The fraction of sp³-hybridized carbons (Fsp3) is 0.571. The second-order valence-corrected chi connectivity index (χ2v) is 5.88. The first kappa shape index (κ1) is 10.8. The second-order valence-electron chi connectivity index (χ2n) is 5.88. The number of aromatic nitrogens is 3. The van der Waals surface area contributed by atoms with E-state index in [2.05, 4.69) is 34.9 Å². The number of hydrogen-bond donors (Lipinski definition) is 1. The summed E-state index contributed by atoms with van der Waals surface area (Å²) in [5.74, 6) is 1.68. The molecule has 17 heavy (non-hydrogen) atoms. The lowest BCUT2D eigenvalue weighted by Crippen LogP contribution is -2.16. The van der Waals surface area contributed by atoms with Crippen molar-refractivity contribution < 1.29 is 0 Å². The molecule has 1 atom stereocenters. The van der Waals surface area contributed by atoms with E-state index in [0.29, 0.717) is 11.3 Å². The summed E-state index contributed by atoms with van der Waals surface area (Å²) in [6.07, 6.45) is 3.84. The van der Waals surface area contributed by atoms with Gasteiger partial charge in [-0.1, -0.05) is 20.3 Å². The van der Waals surface area contributed by atoms with Gasteiger partial charge in [0.1, 0.15) is 5.82 Å². The maximum absolute atomic E-state index is 4.68. The molecule has 3 heteroatoms. The van der Waals surface area contributed by atoms with E-state index in [1.165, 1.54) is 19.3 Å². The first-order chi connectivity index (χ1) is 8.06. The fourth-order valence-corrected chi connectivity index (χ4v) is 3.00. The van der Waals surface area contributed by atoms with Crippen molar-refractivity contribution in [2.24, 2.45) is 5.41 Å². The standard InChI is InChI=1S/C14H19N3/c1-9-6-7-11-13(15-9)17-12(16-11)10-5-4-8-14(10,2)3/h6-7,10H,4-5,8H2,1-3H3,(H,15,16,17). The van der Waals surface area contributed by atoms with Crippen molar-refractivity contribution >= 4 is 11.2 Å². The van der Waals surface area contributed by atoms with E-state index in [9.17, 15) is 0 Å². The van der Waals surface area contributed by atoms with Gasteiger partial charge >= 0.3 is 0 Å². The lowest BCUT2D eigenvalue weighted by atomic mass is 9.81. The summed E-state index contributed by atoms with van der Waals surface area (Å²) in [5.41, 5.74) is 3.32. The van der Waals surface area contributed by atoms with Gasteiger partial charge in [-0.05, 0) is 37.3 Å². The molecule has 1 saturated carbocycles. The highest BCUT2D eigenvalue weighted by Crippen LogP contribution is 2.47. The van der Waals surface area contributed by atoms with Crippen LogP contribution in [0.1, 0.15) is 50.5 Å². The Kier molecular flexibility index (Phi) is 2.25. The monoisotopic (exact) mass is 229 g/mol. The predicted molar refractivity (Wildman–Crippen MR) is 69.0 cm³/mol. The lowest BCUT2D eigenvalue weighted by molar-refractivity contribution is 0.323. The largest absolute Gasteiger partial charge is 0.340 e. The molecule has 1 aliphatic carbocycles. The van der Waals surface area contributed by atoms with Crippen LogP contribution in [0.5, 0.6) is 0 Å². The van der Waals surface area contributed by atoms with Crippen molar-refractivity contribution in [2.75, 3.05) is 0 Å². The summed E-state index contributed by atoms with van der Waals surface area (Å²) in [6.45, 7) is 6.69. The van der Waals surface area contributed by atoms with E-state index in [-0.39, 0.29) is 0 Å². The molecule has 2 aromatic rings. The Balaban J connectivity index is 2.06. The molecule has 3 rings (SSSR count). The van der Waals surface area contributed by atoms with Crippen LogP contribution in [-0.2, 0) is 0 Å². The number of aryl methyl sites for hydroxylation is 1. The number of pyridine rings is 1. The fourth-order valence-electron chi connectivity index (χ4n) is 3.00. The Morgan fingerprint density at radius 1 is 1.29 bits per heavy atom. The Morgan fingerprint density at radius 2 is 2.12 bits per heavy atom. The van der Waals surface area contributed by atoms with Crippen LogP contribution in [0.2, 0.25) is 0 Å². The van der Waals surface area contributed by atoms with Crippen LogP contribution in [0, 0.1) is 12.3 Å². The number of aromatic amines is 1. The van der Waals surface area contributed by atoms with E-state index >= 15 is 0 Å². The van der Waals surface area contributed by atoms with E-state index in [1.807, 2.05) is 13.0 Å². The minimum atomic E-state index is 0.364. The van der Waals surface area contributed by atoms with Crippen LogP contribution in [0.3, 0.4) is 0 Å². The highest BCUT2D eigenvalue weighted by molar-refractivity contribution is 5.70. The summed E-state index contributed by atoms with van der Waals surface area (Å²) >= 11 is 0. The van der Waals surface area contributed by atoms with Gasteiger partial charge in [-0.3, -0.25) is 0 Å². The Labute approximate surface area is 102 Å². The smallest absolute Gasteiger partial charge is 0.177 e. The molecule has 90 valence electrons.